The summed E-state index contributed by atoms with van der Waals surface area (Å²) in [5, 5.41) is 3.34. The van der Waals surface area contributed by atoms with Gasteiger partial charge in [-0.05, 0) is 19.0 Å². The van der Waals surface area contributed by atoms with Crippen molar-refractivity contribution in [2.24, 2.45) is 0 Å². The van der Waals surface area contributed by atoms with E-state index in [2.05, 4.69) is 42.2 Å². The quantitative estimate of drug-likeness (QED) is 0.773. The molecule has 15 heavy (non-hydrogen) atoms. The second-order valence-electron chi connectivity index (χ2n) is 3.71. The lowest BCUT2D eigenvalue weighted by Crippen LogP contribution is -2.21. The Labute approximate surface area is 92.5 Å². The van der Waals surface area contributed by atoms with Crippen LogP contribution < -0.4 is 10.2 Å². The summed E-state index contributed by atoms with van der Waals surface area (Å²) in [5.74, 6) is 0. The first kappa shape index (κ1) is 12.0. The molecular formula is C12H21N3. The maximum absolute atomic E-state index is 4.17. The van der Waals surface area contributed by atoms with E-state index in [1.54, 1.807) is 0 Å². The predicted molar refractivity (Wildman–Crippen MR) is 65.2 cm³/mol. The molecule has 0 aromatic carbocycles. The fourth-order valence-corrected chi connectivity index (χ4v) is 1.64. The van der Waals surface area contributed by atoms with E-state index in [0.29, 0.717) is 0 Å². The lowest BCUT2D eigenvalue weighted by atomic mass is 10.2. The number of pyridine rings is 1. The van der Waals surface area contributed by atoms with Crippen LogP contribution in [0.3, 0.4) is 0 Å². The molecule has 0 atom stereocenters. The molecule has 0 spiro atoms. The Bertz CT molecular complexity index is 286. The summed E-state index contributed by atoms with van der Waals surface area (Å²) in [4.78, 5) is 6.46. The van der Waals surface area contributed by atoms with E-state index in [4.69, 9.17) is 0 Å². The molecule has 0 saturated heterocycles. The Hall–Kier alpha value is -1.09. The zero-order valence-electron chi connectivity index (χ0n) is 9.95. The molecule has 3 nitrogen and oxygen atoms in total. The Kier molecular flexibility index (Phi) is 5.12. The third-order valence-corrected chi connectivity index (χ3v) is 2.41. The number of aromatic nitrogens is 1. The summed E-state index contributed by atoms with van der Waals surface area (Å²) in [6, 6.07) is 2.09. The molecule has 1 N–H and O–H groups in total. The monoisotopic (exact) mass is 207 g/mol. The molecule has 0 amide bonds. The predicted octanol–water partition coefficient (Wildman–Crippen LogP) is 2.04. The molecule has 0 fully saturated rings. The highest BCUT2D eigenvalue weighted by molar-refractivity contribution is 5.51. The molecule has 0 aliphatic carbocycles. The summed E-state index contributed by atoms with van der Waals surface area (Å²) >= 11 is 0. The SMILES string of the molecule is CCCN(C)c1ccncc1CNCC. The van der Waals surface area contributed by atoms with Crippen molar-refractivity contribution in [2.45, 2.75) is 26.8 Å². The Balaban J connectivity index is 2.75. The first-order valence-electron chi connectivity index (χ1n) is 5.64. The van der Waals surface area contributed by atoms with Gasteiger partial charge in [-0.2, -0.15) is 0 Å². The van der Waals surface area contributed by atoms with Gasteiger partial charge in [-0.25, -0.2) is 0 Å². The Morgan fingerprint density at radius 2 is 2.20 bits per heavy atom. The highest BCUT2D eigenvalue weighted by Gasteiger charge is 2.05. The standard InChI is InChI=1S/C12H21N3/c1-4-8-15(3)12-6-7-14-10-11(12)9-13-5-2/h6-7,10,13H,4-5,8-9H2,1-3H3. The highest BCUT2D eigenvalue weighted by atomic mass is 15.1. The first-order chi connectivity index (χ1) is 7.29. The molecule has 3 heteroatoms. The van der Waals surface area contributed by atoms with Gasteiger partial charge >= 0.3 is 0 Å². The van der Waals surface area contributed by atoms with Gasteiger partial charge < -0.3 is 10.2 Å². The van der Waals surface area contributed by atoms with Crippen molar-refractivity contribution in [3.63, 3.8) is 0 Å². The van der Waals surface area contributed by atoms with Gasteiger partial charge in [-0.1, -0.05) is 13.8 Å². The van der Waals surface area contributed by atoms with Crippen molar-refractivity contribution in [1.29, 1.82) is 0 Å². The number of nitrogens with one attached hydrogen (secondary N) is 1. The molecule has 0 saturated carbocycles. The summed E-state index contributed by atoms with van der Waals surface area (Å²) in [5.41, 5.74) is 2.56. The van der Waals surface area contributed by atoms with Gasteiger partial charge in [0, 0.05) is 43.8 Å². The van der Waals surface area contributed by atoms with Crippen LogP contribution in [0.1, 0.15) is 25.8 Å². The topological polar surface area (TPSA) is 28.2 Å². The fourth-order valence-electron chi connectivity index (χ4n) is 1.64. The van der Waals surface area contributed by atoms with Crippen LogP contribution >= 0.6 is 0 Å². The van der Waals surface area contributed by atoms with Crippen molar-refractivity contribution in [3.05, 3.63) is 24.0 Å². The maximum atomic E-state index is 4.17. The average Bonchev–Trinajstić information content (AvgIpc) is 2.27. The van der Waals surface area contributed by atoms with E-state index in [9.17, 15) is 0 Å². The highest BCUT2D eigenvalue weighted by Crippen LogP contribution is 2.17. The number of anilines is 1. The largest absolute Gasteiger partial charge is 0.374 e. The Morgan fingerprint density at radius 3 is 2.87 bits per heavy atom. The molecule has 0 aliphatic heterocycles. The van der Waals surface area contributed by atoms with Crippen molar-refractivity contribution >= 4 is 5.69 Å². The molecule has 1 aromatic heterocycles. The molecule has 1 aromatic rings. The average molecular weight is 207 g/mol. The van der Waals surface area contributed by atoms with E-state index in [-0.39, 0.29) is 0 Å². The molecule has 0 unspecified atom stereocenters. The van der Waals surface area contributed by atoms with E-state index in [1.807, 2.05) is 12.4 Å². The van der Waals surface area contributed by atoms with Crippen LogP contribution in [0.25, 0.3) is 0 Å². The van der Waals surface area contributed by atoms with Gasteiger partial charge in [-0.15, -0.1) is 0 Å². The summed E-state index contributed by atoms with van der Waals surface area (Å²) in [6.45, 7) is 7.29. The van der Waals surface area contributed by atoms with E-state index in [1.165, 1.54) is 17.7 Å². The van der Waals surface area contributed by atoms with Crippen LogP contribution in [-0.2, 0) is 6.54 Å². The maximum Gasteiger partial charge on any atom is 0.0440 e. The van der Waals surface area contributed by atoms with Crippen molar-refractivity contribution in [2.75, 3.05) is 25.0 Å². The molecular weight excluding hydrogens is 186 g/mol. The van der Waals surface area contributed by atoms with Crippen LogP contribution in [0, 0.1) is 0 Å². The van der Waals surface area contributed by atoms with Crippen LogP contribution in [0.15, 0.2) is 18.5 Å². The number of rotatable bonds is 6. The van der Waals surface area contributed by atoms with Gasteiger partial charge in [0.1, 0.15) is 0 Å². The van der Waals surface area contributed by atoms with Crippen molar-refractivity contribution in [3.8, 4) is 0 Å². The minimum Gasteiger partial charge on any atom is -0.374 e. The zero-order valence-corrected chi connectivity index (χ0v) is 9.95. The lowest BCUT2D eigenvalue weighted by Gasteiger charge is -2.21. The first-order valence-corrected chi connectivity index (χ1v) is 5.64. The third-order valence-electron chi connectivity index (χ3n) is 2.41. The van der Waals surface area contributed by atoms with Gasteiger partial charge in [0.15, 0.2) is 0 Å². The summed E-state index contributed by atoms with van der Waals surface area (Å²) in [6.07, 6.45) is 4.97. The molecule has 0 radical (unpaired) electrons. The lowest BCUT2D eigenvalue weighted by molar-refractivity contribution is 0.719. The summed E-state index contributed by atoms with van der Waals surface area (Å²) in [7, 11) is 2.13. The van der Waals surface area contributed by atoms with E-state index < -0.39 is 0 Å². The number of hydrogen-bond donors (Lipinski definition) is 1. The fraction of sp³-hybridized carbons (Fsp3) is 0.583. The van der Waals surface area contributed by atoms with Crippen LogP contribution in [-0.4, -0.2) is 25.1 Å². The zero-order chi connectivity index (χ0) is 11.1. The minimum absolute atomic E-state index is 0.897. The van der Waals surface area contributed by atoms with Crippen LogP contribution in [0.2, 0.25) is 0 Å². The molecule has 1 heterocycles. The van der Waals surface area contributed by atoms with E-state index in [0.717, 1.165) is 19.6 Å². The smallest absolute Gasteiger partial charge is 0.0440 e. The van der Waals surface area contributed by atoms with Gasteiger partial charge in [0.05, 0.1) is 0 Å². The second-order valence-corrected chi connectivity index (χ2v) is 3.71. The van der Waals surface area contributed by atoms with E-state index >= 15 is 0 Å². The van der Waals surface area contributed by atoms with Gasteiger partial charge in [0.2, 0.25) is 0 Å². The minimum atomic E-state index is 0.897. The second kappa shape index (κ2) is 6.40. The number of hydrogen-bond acceptors (Lipinski definition) is 3. The van der Waals surface area contributed by atoms with Crippen LogP contribution in [0.5, 0.6) is 0 Å². The third kappa shape index (κ3) is 3.51. The van der Waals surface area contributed by atoms with Crippen LogP contribution in [0.4, 0.5) is 5.69 Å². The van der Waals surface area contributed by atoms with Crippen molar-refractivity contribution in [1.82, 2.24) is 10.3 Å². The normalized spacial score (nSPS) is 10.3. The molecule has 1 rings (SSSR count). The molecule has 84 valence electrons. The van der Waals surface area contributed by atoms with Gasteiger partial charge in [-0.3, -0.25) is 4.98 Å². The summed E-state index contributed by atoms with van der Waals surface area (Å²) < 4.78 is 0. The molecule has 0 bridgehead atoms. The van der Waals surface area contributed by atoms with Gasteiger partial charge in [0.25, 0.3) is 0 Å². The van der Waals surface area contributed by atoms with Crippen molar-refractivity contribution < 1.29 is 0 Å². The molecule has 0 aliphatic rings. The Morgan fingerprint density at radius 1 is 1.40 bits per heavy atom. The number of nitrogens with zero attached hydrogens (tertiary/aromatic N) is 2.